The molecule has 2 amide bonds. The first-order valence-corrected chi connectivity index (χ1v) is 7.27. The van der Waals surface area contributed by atoms with Gasteiger partial charge in [-0.1, -0.05) is 49.2 Å². The number of aliphatic carboxylic acids is 1. The molecule has 0 fully saturated rings. The third-order valence-corrected chi connectivity index (χ3v) is 3.64. The third-order valence-electron chi connectivity index (χ3n) is 2.78. The van der Waals surface area contributed by atoms with Gasteiger partial charge in [-0.05, 0) is 24.0 Å². The Balaban J connectivity index is 2.57. The molecule has 7 heteroatoms. The van der Waals surface area contributed by atoms with E-state index in [4.69, 9.17) is 28.3 Å². The van der Waals surface area contributed by atoms with Crippen LogP contribution in [0.25, 0.3) is 0 Å². The summed E-state index contributed by atoms with van der Waals surface area (Å²) in [5.41, 5.74) is 0.662. The zero-order chi connectivity index (χ0) is 16.0. The van der Waals surface area contributed by atoms with Gasteiger partial charge in [-0.2, -0.15) is 0 Å². The maximum atomic E-state index is 11.7. The quantitative estimate of drug-likeness (QED) is 0.747. The van der Waals surface area contributed by atoms with Crippen molar-refractivity contribution >= 4 is 35.2 Å². The smallest absolute Gasteiger partial charge is 0.326 e. The van der Waals surface area contributed by atoms with Crippen LogP contribution in [0.5, 0.6) is 0 Å². The second kappa shape index (κ2) is 8.10. The van der Waals surface area contributed by atoms with Crippen molar-refractivity contribution in [2.75, 3.05) is 0 Å². The van der Waals surface area contributed by atoms with Crippen LogP contribution in [0.4, 0.5) is 4.79 Å². The summed E-state index contributed by atoms with van der Waals surface area (Å²) in [4.78, 5) is 22.8. The van der Waals surface area contributed by atoms with Crippen LogP contribution in [0.2, 0.25) is 10.0 Å². The van der Waals surface area contributed by atoms with Crippen LogP contribution >= 0.6 is 23.2 Å². The fourth-order valence-electron chi connectivity index (χ4n) is 1.76. The van der Waals surface area contributed by atoms with Gasteiger partial charge in [-0.15, -0.1) is 0 Å². The molecule has 1 atom stereocenters. The summed E-state index contributed by atoms with van der Waals surface area (Å²) in [5.74, 6) is -0.895. The Kier molecular flexibility index (Phi) is 6.78. The lowest BCUT2D eigenvalue weighted by Gasteiger charge is -2.17. The summed E-state index contributed by atoms with van der Waals surface area (Å²) in [5, 5.41) is 14.8. The molecular formula is C14H18Cl2N2O3. The number of carbonyl (C=O) groups is 2. The van der Waals surface area contributed by atoms with Crippen LogP contribution in [0.15, 0.2) is 18.2 Å². The number of halogens is 2. The van der Waals surface area contributed by atoms with Gasteiger partial charge in [-0.3, -0.25) is 0 Å². The van der Waals surface area contributed by atoms with Crippen molar-refractivity contribution in [3.8, 4) is 0 Å². The van der Waals surface area contributed by atoms with Gasteiger partial charge in [0.2, 0.25) is 0 Å². The van der Waals surface area contributed by atoms with Gasteiger partial charge in [0.05, 0.1) is 10.0 Å². The summed E-state index contributed by atoms with van der Waals surface area (Å²) < 4.78 is 0. The number of hydrogen-bond donors (Lipinski definition) is 3. The van der Waals surface area contributed by atoms with E-state index in [9.17, 15) is 9.59 Å². The number of carbonyl (C=O) groups excluding carboxylic acids is 1. The van der Waals surface area contributed by atoms with Crippen molar-refractivity contribution in [1.82, 2.24) is 10.6 Å². The average Bonchev–Trinajstić information content (AvgIpc) is 2.39. The highest BCUT2D eigenvalue weighted by molar-refractivity contribution is 6.42. The number of rotatable bonds is 6. The van der Waals surface area contributed by atoms with Crippen LogP contribution in [-0.2, 0) is 11.3 Å². The Morgan fingerprint density at radius 2 is 1.95 bits per heavy atom. The van der Waals surface area contributed by atoms with Crippen LogP contribution in [-0.4, -0.2) is 23.1 Å². The van der Waals surface area contributed by atoms with E-state index in [1.54, 1.807) is 18.2 Å². The molecule has 116 valence electrons. The molecular weight excluding hydrogens is 315 g/mol. The summed E-state index contributed by atoms with van der Waals surface area (Å²) in [6, 6.07) is 3.63. The molecule has 0 bridgehead atoms. The zero-order valence-corrected chi connectivity index (χ0v) is 13.3. The van der Waals surface area contributed by atoms with E-state index in [2.05, 4.69) is 10.6 Å². The second-order valence-electron chi connectivity index (χ2n) is 5.06. The number of benzene rings is 1. The van der Waals surface area contributed by atoms with E-state index in [0.717, 1.165) is 0 Å². The van der Waals surface area contributed by atoms with Crippen molar-refractivity contribution in [3.05, 3.63) is 33.8 Å². The molecule has 0 aromatic heterocycles. The first kappa shape index (κ1) is 17.6. The molecule has 0 radical (unpaired) electrons. The van der Waals surface area contributed by atoms with Crippen LogP contribution < -0.4 is 10.6 Å². The minimum atomic E-state index is -1.06. The molecule has 1 aromatic rings. The van der Waals surface area contributed by atoms with Gasteiger partial charge < -0.3 is 15.7 Å². The maximum Gasteiger partial charge on any atom is 0.326 e. The number of amides is 2. The molecule has 1 rings (SSSR count). The Labute approximate surface area is 133 Å². The van der Waals surface area contributed by atoms with E-state index < -0.39 is 18.0 Å². The lowest BCUT2D eigenvalue weighted by molar-refractivity contribution is -0.139. The minimum Gasteiger partial charge on any atom is -0.480 e. The van der Waals surface area contributed by atoms with Crippen molar-refractivity contribution in [1.29, 1.82) is 0 Å². The highest BCUT2D eigenvalue weighted by atomic mass is 35.5. The summed E-state index contributed by atoms with van der Waals surface area (Å²) in [7, 11) is 0. The number of carboxylic acids is 1. The number of nitrogens with one attached hydrogen (secondary N) is 2. The van der Waals surface area contributed by atoms with Crippen molar-refractivity contribution in [2.45, 2.75) is 32.9 Å². The predicted molar refractivity (Wildman–Crippen MR) is 82.7 cm³/mol. The van der Waals surface area contributed by atoms with Gasteiger partial charge in [-0.25, -0.2) is 9.59 Å². The molecule has 5 nitrogen and oxygen atoms in total. The standard InChI is InChI=1S/C14H18Cl2N2O3/c1-8(2)6-11(13(19)20)18-14(21)17-7-9-4-3-5-10(15)12(9)16/h3-5,8,11H,6-7H2,1-2H3,(H,19,20)(H2,17,18,21). The topological polar surface area (TPSA) is 78.4 Å². The first-order valence-electron chi connectivity index (χ1n) is 6.51. The van der Waals surface area contributed by atoms with Gasteiger partial charge in [0.25, 0.3) is 0 Å². The fourth-order valence-corrected chi connectivity index (χ4v) is 2.15. The normalized spacial score (nSPS) is 12.0. The van der Waals surface area contributed by atoms with Crippen LogP contribution in [0.3, 0.4) is 0 Å². The molecule has 0 spiro atoms. The van der Waals surface area contributed by atoms with E-state index in [1.165, 1.54) is 0 Å². The number of carboxylic acid groups (broad SMARTS) is 1. The highest BCUT2D eigenvalue weighted by Crippen LogP contribution is 2.25. The van der Waals surface area contributed by atoms with Gasteiger partial charge in [0, 0.05) is 6.54 Å². The largest absolute Gasteiger partial charge is 0.480 e. The molecule has 21 heavy (non-hydrogen) atoms. The Morgan fingerprint density at radius 3 is 2.52 bits per heavy atom. The van der Waals surface area contributed by atoms with E-state index >= 15 is 0 Å². The van der Waals surface area contributed by atoms with E-state index in [1.807, 2.05) is 13.8 Å². The van der Waals surface area contributed by atoms with Crippen molar-refractivity contribution in [2.24, 2.45) is 5.92 Å². The zero-order valence-electron chi connectivity index (χ0n) is 11.8. The Bertz CT molecular complexity index is 521. The summed E-state index contributed by atoms with van der Waals surface area (Å²) in [6.45, 7) is 3.95. The Morgan fingerprint density at radius 1 is 1.29 bits per heavy atom. The number of hydrogen-bond acceptors (Lipinski definition) is 2. The molecule has 0 aliphatic rings. The van der Waals surface area contributed by atoms with E-state index in [0.29, 0.717) is 22.0 Å². The average molecular weight is 333 g/mol. The molecule has 0 aliphatic carbocycles. The monoisotopic (exact) mass is 332 g/mol. The van der Waals surface area contributed by atoms with Crippen LogP contribution in [0.1, 0.15) is 25.8 Å². The molecule has 0 saturated heterocycles. The molecule has 3 N–H and O–H groups in total. The van der Waals surface area contributed by atoms with E-state index in [-0.39, 0.29) is 12.5 Å². The van der Waals surface area contributed by atoms with Crippen molar-refractivity contribution < 1.29 is 14.7 Å². The predicted octanol–water partition coefficient (Wildman–Crippen LogP) is 3.29. The Hall–Kier alpha value is -1.46. The van der Waals surface area contributed by atoms with Crippen molar-refractivity contribution in [3.63, 3.8) is 0 Å². The van der Waals surface area contributed by atoms with Gasteiger partial charge in [0.1, 0.15) is 6.04 Å². The van der Waals surface area contributed by atoms with Crippen LogP contribution in [0, 0.1) is 5.92 Å². The lowest BCUT2D eigenvalue weighted by atomic mass is 10.0. The molecule has 0 heterocycles. The number of urea groups is 1. The first-order chi connectivity index (χ1) is 9.81. The van der Waals surface area contributed by atoms with Gasteiger partial charge >= 0.3 is 12.0 Å². The van der Waals surface area contributed by atoms with Gasteiger partial charge in [0.15, 0.2) is 0 Å². The molecule has 1 unspecified atom stereocenters. The third kappa shape index (κ3) is 5.81. The highest BCUT2D eigenvalue weighted by Gasteiger charge is 2.20. The summed E-state index contributed by atoms with van der Waals surface area (Å²) in [6.07, 6.45) is 0.362. The second-order valence-corrected chi connectivity index (χ2v) is 5.85. The summed E-state index contributed by atoms with van der Waals surface area (Å²) >= 11 is 11.9. The SMILES string of the molecule is CC(C)CC(NC(=O)NCc1cccc(Cl)c1Cl)C(=O)O. The molecule has 0 saturated carbocycles. The molecule has 1 aromatic carbocycles. The maximum absolute atomic E-state index is 11.7. The molecule has 0 aliphatic heterocycles. The minimum absolute atomic E-state index is 0.161. The lowest BCUT2D eigenvalue weighted by Crippen LogP contribution is -2.46. The fraction of sp³-hybridized carbons (Fsp3) is 0.429.